The van der Waals surface area contributed by atoms with Crippen LogP contribution in [-0.2, 0) is 11.6 Å². The first kappa shape index (κ1) is 19.3. The van der Waals surface area contributed by atoms with Crippen LogP contribution in [0.25, 0.3) is 0 Å². The molecule has 1 aromatic carbocycles. The molecule has 1 aliphatic carbocycles. The summed E-state index contributed by atoms with van der Waals surface area (Å²) >= 11 is 0. The Morgan fingerprint density at radius 2 is 1.89 bits per heavy atom. The minimum Gasteiger partial charge on any atom is -0.332 e. The lowest BCUT2D eigenvalue weighted by Crippen LogP contribution is -2.44. The lowest BCUT2D eigenvalue weighted by molar-refractivity contribution is -0.137. The van der Waals surface area contributed by atoms with Gasteiger partial charge in [-0.1, -0.05) is 12.1 Å². The third-order valence-corrected chi connectivity index (χ3v) is 6.29. The number of fused-ring (bicyclic) bond motifs is 1. The van der Waals surface area contributed by atoms with E-state index in [1.807, 2.05) is 19.2 Å². The van der Waals surface area contributed by atoms with Crippen molar-refractivity contribution in [2.24, 2.45) is 5.92 Å². The van der Waals surface area contributed by atoms with Gasteiger partial charge >= 0.3 is 12.2 Å². The van der Waals surface area contributed by atoms with Gasteiger partial charge in [0, 0.05) is 37.3 Å². The number of nitrogens with zero attached hydrogens (tertiary/aromatic N) is 2. The number of halogens is 3. The highest BCUT2D eigenvalue weighted by atomic mass is 19.4. The smallest absolute Gasteiger partial charge is 0.332 e. The van der Waals surface area contributed by atoms with Crippen molar-refractivity contribution in [2.75, 3.05) is 26.2 Å². The summed E-state index contributed by atoms with van der Waals surface area (Å²) in [6, 6.07) is 5.78. The van der Waals surface area contributed by atoms with Crippen LogP contribution in [-0.4, -0.2) is 48.1 Å². The van der Waals surface area contributed by atoms with Crippen molar-refractivity contribution < 1.29 is 18.0 Å². The number of hydrogen-bond donors (Lipinski definition) is 1. The fourth-order valence-corrected chi connectivity index (χ4v) is 4.62. The van der Waals surface area contributed by atoms with Crippen LogP contribution >= 0.6 is 0 Å². The largest absolute Gasteiger partial charge is 0.416 e. The number of likely N-dealkylation sites (tertiary alicyclic amines) is 1. The summed E-state index contributed by atoms with van der Waals surface area (Å²) in [7, 11) is 0. The Morgan fingerprint density at radius 3 is 2.57 bits per heavy atom. The van der Waals surface area contributed by atoms with E-state index in [1.165, 1.54) is 12.1 Å². The summed E-state index contributed by atoms with van der Waals surface area (Å²) in [5, 5.41) is 2.88. The van der Waals surface area contributed by atoms with Gasteiger partial charge in [-0.2, -0.15) is 13.2 Å². The van der Waals surface area contributed by atoms with Gasteiger partial charge in [0.05, 0.1) is 5.56 Å². The number of urea groups is 1. The predicted octanol–water partition coefficient (Wildman–Crippen LogP) is 3.99. The van der Waals surface area contributed by atoms with Crippen molar-refractivity contribution in [3.63, 3.8) is 0 Å². The number of carbonyl (C=O) groups excluding carboxylic acids is 1. The van der Waals surface area contributed by atoms with E-state index < -0.39 is 11.7 Å². The Morgan fingerprint density at radius 1 is 1.18 bits per heavy atom. The molecule has 152 valence electrons. The summed E-state index contributed by atoms with van der Waals surface area (Å²) in [4.78, 5) is 16.0. The summed E-state index contributed by atoms with van der Waals surface area (Å²) in [5.74, 6) is 0.557. The third kappa shape index (κ3) is 3.77. The quantitative estimate of drug-likeness (QED) is 0.742. The van der Waals surface area contributed by atoms with Gasteiger partial charge in [0.2, 0.25) is 0 Å². The van der Waals surface area contributed by atoms with Gasteiger partial charge in [-0.15, -0.1) is 0 Å². The standard InChI is InChI=1S/C21H26F3N3O/c1-15-8-11-27(19(28)25-15)10-3-2-9-26-13-18-12-20(18,14-26)16-4-6-17(7-5-16)21(22,23)24/h4-8,11,15,18H,2-3,9-10,12-14H2,1H3,(H,25,28)/t15?,18-,20+/m0/s1. The number of carbonyl (C=O) groups is 1. The van der Waals surface area contributed by atoms with Crippen LogP contribution in [0.3, 0.4) is 0 Å². The average Bonchev–Trinajstić information content (AvgIpc) is 3.21. The lowest BCUT2D eigenvalue weighted by atomic mass is 9.94. The van der Waals surface area contributed by atoms with E-state index in [0.29, 0.717) is 12.5 Å². The number of hydrogen-bond acceptors (Lipinski definition) is 2. The second-order valence-electron chi connectivity index (χ2n) is 8.35. The maximum absolute atomic E-state index is 12.8. The molecule has 28 heavy (non-hydrogen) atoms. The average molecular weight is 393 g/mol. The second-order valence-corrected chi connectivity index (χ2v) is 8.35. The first-order chi connectivity index (χ1) is 13.3. The van der Waals surface area contributed by atoms with Crippen LogP contribution in [0.2, 0.25) is 0 Å². The number of rotatable bonds is 6. The Balaban J connectivity index is 1.25. The zero-order chi connectivity index (χ0) is 19.9. The fourth-order valence-electron chi connectivity index (χ4n) is 4.62. The predicted molar refractivity (Wildman–Crippen MR) is 101 cm³/mol. The van der Waals surface area contributed by atoms with Gasteiger partial charge in [0.1, 0.15) is 0 Å². The minimum absolute atomic E-state index is 0.0429. The van der Waals surface area contributed by atoms with E-state index in [9.17, 15) is 18.0 Å². The van der Waals surface area contributed by atoms with Gasteiger partial charge in [-0.25, -0.2) is 4.79 Å². The van der Waals surface area contributed by atoms with Crippen LogP contribution in [0.15, 0.2) is 36.5 Å². The maximum Gasteiger partial charge on any atom is 0.416 e. The van der Waals surface area contributed by atoms with Gasteiger partial charge < -0.3 is 15.1 Å². The molecule has 7 heteroatoms. The molecule has 1 saturated carbocycles. The molecule has 3 aliphatic rings. The Bertz CT molecular complexity index is 761. The molecule has 1 N–H and O–H groups in total. The number of unbranched alkanes of at least 4 members (excludes halogenated alkanes) is 1. The van der Waals surface area contributed by atoms with Crippen molar-refractivity contribution in [1.82, 2.24) is 15.1 Å². The molecule has 1 saturated heterocycles. The summed E-state index contributed by atoms with van der Waals surface area (Å²) < 4.78 is 38.3. The molecule has 0 radical (unpaired) electrons. The highest BCUT2D eigenvalue weighted by Crippen LogP contribution is 2.59. The molecular weight excluding hydrogens is 367 g/mol. The Hall–Kier alpha value is -2.02. The van der Waals surface area contributed by atoms with E-state index in [2.05, 4.69) is 10.2 Å². The van der Waals surface area contributed by atoms with E-state index in [1.54, 1.807) is 17.0 Å². The molecule has 2 fully saturated rings. The number of amides is 2. The van der Waals surface area contributed by atoms with E-state index >= 15 is 0 Å². The topological polar surface area (TPSA) is 35.6 Å². The molecule has 0 aromatic heterocycles. The van der Waals surface area contributed by atoms with Crippen molar-refractivity contribution in [3.8, 4) is 0 Å². The highest BCUT2D eigenvalue weighted by molar-refractivity contribution is 5.76. The first-order valence-corrected chi connectivity index (χ1v) is 9.93. The molecule has 2 heterocycles. The van der Waals surface area contributed by atoms with Crippen LogP contribution in [0.1, 0.15) is 37.3 Å². The van der Waals surface area contributed by atoms with Crippen molar-refractivity contribution in [3.05, 3.63) is 47.7 Å². The van der Waals surface area contributed by atoms with E-state index in [0.717, 1.165) is 44.5 Å². The number of nitrogens with one attached hydrogen (secondary N) is 1. The molecule has 1 unspecified atom stereocenters. The van der Waals surface area contributed by atoms with Gasteiger partial charge in [-0.3, -0.25) is 0 Å². The van der Waals surface area contributed by atoms with Crippen molar-refractivity contribution in [1.29, 1.82) is 0 Å². The first-order valence-electron chi connectivity index (χ1n) is 9.93. The molecule has 0 bridgehead atoms. The van der Waals surface area contributed by atoms with E-state index in [-0.39, 0.29) is 17.5 Å². The second kappa shape index (κ2) is 7.10. The highest BCUT2D eigenvalue weighted by Gasteiger charge is 2.60. The van der Waals surface area contributed by atoms with Gasteiger partial charge in [-0.05, 0) is 62.4 Å². The molecule has 3 atom stereocenters. The number of benzene rings is 1. The summed E-state index contributed by atoms with van der Waals surface area (Å²) in [6.45, 7) is 5.55. The summed E-state index contributed by atoms with van der Waals surface area (Å²) in [5.41, 5.74) is 0.512. The van der Waals surface area contributed by atoms with Crippen molar-refractivity contribution in [2.45, 2.75) is 43.8 Å². The van der Waals surface area contributed by atoms with Crippen LogP contribution in [0.4, 0.5) is 18.0 Å². The number of piperidine rings is 1. The third-order valence-electron chi connectivity index (χ3n) is 6.29. The SMILES string of the molecule is CC1C=CN(CCCCN2C[C@@H]3C[C@]3(c3ccc(C(F)(F)F)cc3)C2)C(=O)N1. The molecule has 0 spiro atoms. The fraction of sp³-hybridized carbons (Fsp3) is 0.571. The molecule has 4 rings (SSSR count). The minimum atomic E-state index is -4.28. The molecule has 1 aromatic rings. The lowest BCUT2D eigenvalue weighted by Gasteiger charge is -2.26. The Labute approximate surface area is 163 Å². The van der Waals surface area contributed by atoms with E-state index in [4.69, 9.17) is 0 Å². The number of alkyl halides is 3. The molecule has 2 aliphatic heterocycles. The molecule has 4 nitrogen and oxygen atoms in total. The monoisotopic (exact) mass is 393 g/mol. The maximum atomic E-state index is 12.8. The molecule has 2 amide bonds. The van der Waals surface area contributed by atoms with Crippen molar-refractivity contribution >= 4 is 6.03 Å². The zero-order valence-corrected chi connectivity index (χ0v) is 16.0. The van der Waals surface area contributed by atoms with Gasteiger partial charge in [0.25, 0.3) is 0 Å². The normalized spacial score (nSPS) is 29.7. The van der Waals surface area contributed by atoms with Gasteiger partial charge in [0.15, 0.2) is 0 Å². The van der Waals surface area contributed by atoms with Crippen LogP contribution < -0.4 is 5.32 Å². The zero-order valence-electron chi connectivity index (χ0n) is 16.0. The molecular formula is C21H26F3N3O. The van der Waals surface area contributed by atoms with Crippen LogP contribution in [0.5, 0.6) is 0 Å². The Kier molecular flexibility index (Phi) is 4.89. The van der Waals surface area contributed by atoms with Crippen LogP contribution in [0, 0.1) is 5.92 Å². The summed E-state index contributed by atoms with van der Waals surface area (Å²) in [6.07, 6.45) is 2.56.